The Morgan fingerprint density at radius 1 is 0.700 bits per heavy atom. The van der Waals surface area contributed by atoms with Gasteiger partial charge in [0, 0.05) is 19.5 Å². The van der Waals surface area contributed by atoms with Crippen LogP contribution in [0.25, 0.3) is 0 Å². The second-order valence-electron chi connectivity index (χ2n) is 1.25. The molecule has 0 saturated carbocycles. The fraction of sp³-hybridized carbons (Fsp3) is 0. The predicted molar refractivity (Wildman–Crippen MR) is 25.9 cm³/mol. The summed E-state index contributed by atoms with van der Waals surface area (Å²) in [5.74, 6) is 0. The van der Waals surface area contributed by atoms with Gasteiger partial charge in [0.05, 0.1) is 0 Å². The molecule has 0 radical (unpaired) electrons. The molecule has 0 aromatic heterocycles. The van der Waals surface area contributed by atoms with Gasteiger partial charge in [0.1, 0.15) is 0 Å². The Morgan fingerprint density at radius 3 is 0.900 bits per heavy atom. The van der Waals surface area contributed by atoms with Gasteiger partial charge in [0.2, 0.25) is 0 Å². The van der Waals surface area contributed by atoms with Crippen LogP contribution in [-0.2, 0) is 23.6 Å². The van der Waals surface area contributed by atoms with Gasteiger partial charge >= 0.3 is 18.1 Å². The van der Waals surface area contributed by atoms with Gasteiger partial charge in [-0.25, -0.2) is 0 Å². The maximum absolute atomic E-state index is 7.94. The summed E-state index contributed by atoms with van der Waals surface area (Å²) in [4.78, 5) is 47.6. The number of rotatable bonds is 2. The largest absolute Gasteiger partial charge is 0.665 e. The van der Waals surface area contributed by atoms with Gasteiger partial charge < -0.3 is 32.9 Å². The molecular weight excluding hydrogens is 234 g/mol. The summed E-state index contributed by atoms with van der Waals surface area (Å²) in [5, 5.41) is 0. The molecule has 58 valence electrons. The second-order valence-corrected chi connectivity index (χ2v) is 4.36. The average Bonchev–Trinajstić information content (AvgIpc) is 1.14. The number of hydrogen-bond acceptors (Lipinski definition) is 7. The zero-order chi connectivity index (χ0) is 7.71. The van der Waals surface area contributed by atoms with Crippen molar-refractivity contribution in [1.29, 1.82) is 0 Å². The molecule has 0 aliphatic carbocycles. The van der Waals surface area contributed by atoms with Gasteiger partial charge in [-0.3, -0.25) is 0 Å². The monoisotopic (exact) mass is 238 g/mol. The van der Waals surface area contributed by atoms with Gasteiger partial charge in [-0.05, 0) is 0 Å². The molecule has 7 nitrogen and oxygen atoms in total. The van der Waals surface area contributed by atoms with E-state index in [-0.39, 0.29) is 19.5 Å². The Bertz CT molecular complexity index is 76.8. The standard InChI is InChI=1S/H6O7Si2.Zn/c1-8(2,3)7-9(4,5)6;/h1-6H;. The Labute approximate surface area is 70.9 Å². The van der Waals surface area contributed by atoms with Crippen LogP contribution in [0.1, 0.15) is 0 Å². The maximum atomic E-state index is 7.94. The first-order valence-electron chi connectivity index (χ1n) is 1.75. The van der Waals surface area contributed by atoms with E-state index in [1.165, 1.54) is 0 Å². The van der Waals surface area contributed by atoms with E-state index in [0.717, 1.165) is 0 Å². The first kappa shape index (κ1) is 13.4. The van der Waals surface area contributed by atoms with Crippen molar-refractivity contribution in [1.82, 2.24) is 0 Å². The summed E-state index contributed by atoms with van der Waals surface area (Å²) in [6.45, 7) is 0. The summed E-state index contributed by atoms with van der Waals surface area (Å²) < 4.78 is 3.24. The minimum absolute atomic E-state index is 0. The zero-order valence-electron chi connectivity index (χ0n) is 4.80. The fourth-order valence-electron chi connectivity index (χ4n) is 0.184. The van der Waals surface area contributed by atoms with Gasteiger partial charge in [0.25, 0.3) is 0 Å². The van der Waals surface area contributed by atoms with Crippen molar-refractivity contribution >= 4 is 18.1 Å². The van der Waals surface area contributed by atoms with Gasteiger partial charge in [-0.2, -0.15) is 0 Å². The van der Waals surface area contributed by atoms with Crippen molar-refractivity contribution in [2.75, 3.05) is 0 Å². The van der Waals surface area contributed by atoms with Crippen molar-refractivity contribution in [2.24, 2.45) is 0 Å². The average molecular weight is 240 g/mol. The molecule has 0 atom stereocenters. The van der Waals surface area contributed by atoms with E-state index in [0.29, 0.717) is 0 Å². The van der Waals surface area contributed by atoms with E-state index >= 15 is 0 Å². The van der Waals surface area contributed by atoms with Crippen LogP contribution < -0.4 is 0 Å². The summed E-state index contributed by atoms with van der Waals surface area (Å²) in [6, 6.07) is 0. The molecule has 0 aromatic carbocycles. The van der Waals surface area contributed by atoms with Crippen LogP contribution in [0, 0.1) is 0 Å². The SMILES string of the molecule is O[Si](O)(O)O[Si](O)(O)O.[Zn]. The van der Waals surface area contributed by atoms with Crippen LogP contribution in [0.3, 0.4) is 0 Å². The third-order valence-electron chi connectivity index (χ3n) is 0.274. The van der Waals surface area contributed by atoms with E-state index in [2.05, 4.69) is 4.12 Å². The van der Waals surface area contributed by atoms with Crippen LogP contribution in [0.4, 0.5) is 0 Å². The minimum Gasteiger partial charge on any atom is -0.368 e. The van der Waals surface area contributed by atoms with Crippen molar-refractivity contribution in [2.45, 2.75) is 0 Å². The zero-order valence-corrected chi connectivity index (χ0v) is 9.77. The smallest absolute Gasteiger partial charge is 0.368 e. The van der Waals surface area contributed by atoms with Crippen LogP contribution in [0.15, 0.2) is 0 Å². The topological polar surface area (TPSA) is 131 Å². The molecule has 0 unspecified atom stereocenters. The molecular formula is H6O7Si2Zn. The van der Waals surface area contributed by atoms with E-state index in [4.69, 9.17) is 28.8 Å². The first-order valence-corrected chi connectivity index (χ1v) is 5.25. The Morgan fingerprint density at radius 2 is 0.900 bits per heavy atom. The number of hydrogen-bond donors (Lipinski definition) is 6. The molecule has 10 heteroatoms. The Kier molecular flexibility index (Phi) is 5.31. The van der Waals surface area contributed by atoms with Gasteiger partial charge in [-0.15, -0.1) is 0 Å². The Balaban J connectivity index is 0. The summed E-state index contributed by atoms with van der Waals surface area (Å²) in [6.07, 6.45) is 0. The molecule has 0 amide bonds. The molecule has 0 aromatic rings. The van der Waals surface area contributed by atoms with E-state index in [9.17, 15) is 0 Å². The van der Waals surface area contributed by atoms with E-state index in [1.807, 2.05) is 0 Å². The van der Waals surface area contributed by atoms with E-state index < -0.39 is 18.1 Å². The predicted octanol–water partition coefficient (Wildman–Crippen LogP) is -4.17. The van der Waals surface area contributed by atoms with Gasteiger partial charge in [-0.1, -0.05) is 0 Å². The maximum Gasteiger partial charge on any atom is 0.665 e. The summed E-state index contributed by atoms with van der Waals surface area (Å²) in [7, 11) is -9.96. The molecule has 0 bridgehead atoms. The normalized spacial score (nSPS) is 12.6. The quantitative estimate of drug-likeness (QED) is 0.270. The fourth-order valence-corrected chi connectivity index (χ4v) is 1.65. The summed E-state index contributed by atoms with van der Waals surface area (Å²) >= 11 is 0. The van der Waals surface area contributed by atoms with E-state index in [1.54, 1.807) is 0 Å². The molecule has 6 N–H and O–H groups in total. The molecule has 0 aliphatic rings. The third kappa shape index (κ3) is 11.6. The minimum atomic E-state index is -4.98. The molecule has 0 rings (SSSR count). The van der Waals surface area contributed by atoms with Crippen LogP contribution >= 0.6 is 0 Å². The molecule has 0 spiro atoms. The van der Waals surface area contributed by atoms with Crippen molar-refractivity contribution in [3.8, 4) is 0 Å². The van der Waals surface area contributed by atoms with Gasteiger partial charge in [0.15, 0.2) is 0 Å². The van der Waals surface area contributed by atoms with Crippen molar-refractivity contribution in [3.63, 3.8) is 0 Å². The van der Waals surface area contributed by atoms with Crippen molar-refractivity contribution in [3.05, 3.63) is 0 Å². The van der Waals surface area contributed by atoms with Crippen LogP contribution in [0.2, 0.25) is 0 Å². The second kappa shape index (κ2) is 3.97. The first-order chi connectivity index (χ1) is 3.71. The van der Waals surface area contributed by atoms with Crippen LogP contribution in [-0.4, -0.2) is 46.9 Å². The molecule has 0 aliphatic heterocycles. The summed E-state index contributed by atoms with van der Waals surface area (Å²) in [5.41, 5.74) is 0. The molecule has 0 saturated heterocycles. The molecule has 0 fully saturated rings. The third-order valence-corrected chi connectivity index (χ3v) is 2.46. The van der Waals surface area contributed by atoms with Crippen molar-refractivity contribution < 1.29 is 52.4 Å². The Hall–Kier alpha value is 0.777. The molecule has 10 heavy (non-hydrogen) atoms. The van der Waals surface area contributed by atoms with Crippen LogP contribution in [0.5, 0.6) is 0 Å². The molecule has 0 heterocycles.